The fraction of sp³-hybridized carbons (Fsp3) is 0.556. The van der Waals surface area contributed by atoms with Crippen molar-refractivity contribution in [1.29, 1.82) is 0 Å². The van der Waals surface area contributed by atoms with E-state index in [1.54, 1.807) is 0 Å². The lowest BCUT2D eigenvalue weighted by Crippen LogP contribution is -2.44. The number of amides is 2. The topological polar surface area (TPSA) is 40.6 Å². The largest absolute Gasteiger partial charge is 0.342 e. The van der Waals surface area contributed by atoms with Gasteiger partial charge in [-0.05, 0) is 43.4 Å². The van der Waals surface area contributed by atoms with Gasteiger partial charge in [0.15, 0.2) is 0 Å². The fourth-order valence-electron chi connectivity index (χ4n) is 3.46. The molecule has 5 heteroatoms. The molecule has 2 fully saturated rings. The lowest BCUT2D eigenvalue weighted by molar-refractivity contribution is -0.139. The molecule has 1 aromatic carbocycles. The maximum atomic E-state index is 12.4. The summed E-state index contributed by atoms with van der Waals surface area (Å²) in [5.41, 5.74) is 0.981. The van der Waals surface area contributed by atoms with E-state index in [2.05, 4.69) is 0 Å². The first-order valence-corrected chi connectivity index (χ1v) is 8.82. The lowest BCUT2D eigenvalue weighted by Gasteiger charge is -2.33. The summed E-state index contributed by atoms with van der Waals surface area (Å²) in [5, 5.41) is 0.683. The van der Waals surface area contributed by atoms with Crippen molar-refractivity contribution in [2.45, 2.75) is 32.1 Å². The summed E-state index contributed by atoms with van der Waals surface area (Å²) >= 11 is 5.87. The normalized spacial score (nSPS) is 19.2. The number of carbonyl (C=O) groups is 2. The quantitative estimate of drug-likeness (QED) is 0.852. The molecule has 2 aliphatic heterocycles. The molecule has 0 spiro atoms. The Labute approximate surface area is 142 Å². The van der Waals surface area contributed by atoms with Gasteiger partial charge < -0.3 is 9.80 Å². The van der Waals surface area contributed by atoms with Gasteiger partial charge in [-0.1, -0.05) is 23.7 Å². The molecule has 0 aliphatic carbocycles. The zero-order valence-corrected chi connectivity index (χ0v) is 14.1. The number of likely N-dealkylation sites (tertiary alicyclic amines) is 2. The van der Waals surface area contributed by atoms with E-state index < -0.39 is 0 Å². The Kier molecular flexibility index (Phi) is 5.21. The van der Waals surface area contributed by atoms with Gasteiger partial charge >= 0.3 is 0 Å². The molecule has 4 nitrogen and oxygen atoms in total. The van der Waals surface area contributed by atoms with Gasteiger partial charge in [-0.25, -0.2) is 0 Å². The molecule has 124 valence electrons. The van der Waals surface area contributed by atoms with Crippen molar-refractivity contribution >= 4 is 23.4 Å². The highest BCUT2D eigenvalue weighted by Gasteiger charge is 2.31. The highest BCUT2D eigenvalue weighted by Crippen LogP contribution is 2.22. The number of nitrogens with zero attached hydrogens (tertiary/aromatic N) is 2. The third-order valence-corrected chi connectivity index (χ3v) is 5.14. The van der Waals surface area contributed by atoms with Gasteiger partial charge in [-0.2, -0.15) is 0 Å². The lowest BCUT2D eigenvalue weighted by atomic mass is 9.95. The van der Waals surface area contributed by atoms with Crippen LogP contribution in [0.4, 0.5) is 0 Å². The highest BCUT2D eigenvalue weighted by atomic mass is 35.5. The number of halogens is 1. The van der Waals surface area contributed by atoms with Crippen molar-refractivity contribution in [3.63, 3.8) is 0 Å². The second kappa shape index (κ2) is 7.35. The summed E-state index contributed by atoms with van der Waals surface area (Å²) in [7, 11) is 0. The van der Waals surface area contributed by atoms with Crippen LogP contribution in [0.2, 0.25) is 5.02 Å². The number of piperidine rings is 1. The molecular weight excluding hydrogens is 312 g/mol. The first-order valence-electron chi connectivity index (χ1n) is 8.44. The van der Waals surface area contributed by atoms with Crippen LogP contribution in [0.5, 0.6) is 0 Å². The molecular formula is C18H23ClN2O2. The molecule has 0 unspecified atom stereocenters. The Morgan fingerprint density at radius 1 is 0.957 bits per heavy atom. The van der Waals surface area contributed by atoms with E-state index in [9.17, 15) is 9.59 Å². The average molecular weight is 335 g/mol. The van der Waals surface area contributed by atoms with Crippen molar-refractivity contribution in [2.75, 3.05) is 26.2 Å². The van der Waals surface area contributed by atoms with Crippen LogP contribution in [-0.2, 0) is 16.0 Å². The molecule has 2 heterocycles. The predicted molar refractivity (Wildman–Crippen MR) is 90.3 cm³/mol. The Morgan fingerprint density at radius 2 is 1.57 bits per heavy atom. The molecule has 1 aromatic rings. The van der Waals surface area contributed by atoms with Crippen molar-refractivity contribution in [3.8, 4) is 0 Å². The van der Waals surface area contributed by atoms with Crippen LogP contribution >= 0.6 is 11.6 Å². The molecule has 0 N–H and O–H groups in total. The van der Waals surface area contributed by atoms with Crippen molar-refractivity contribution in [1.82, 2.24) is 9.80 Å². The standard InChI is InChI=1S/C18H23ClN2O2/c19-16-5-3-14(4-6-16)13-17(22)20-11-7-15(8-12-20)18(23)21-9-1-2-10-21/h3-6,15H,1-2,7-13H2. The number of benzene rings is 1. The van der Waals surface area contributed by atoms with Gasteiger partial charge in [-0.15, -0.1) is 0 Å². The maximum Gasteiger partial charge on any atom is 0.226 e. The molecule has 23 heavy (non-hydrogen) atoms. The van der Waals surface area contributed by atoms with Crippen molar-refractivity contribution < 1.29 is 9.59 Å². The van der Waals surface area contributed by atoms with Crippen LogP contribution in [-0.4, -0.2) is 47.8 Å². The number of hydrogen-bond acceptors (Lipinski definition) is 2. The van der Waals surface area contributed by atoms with Gasteiger partial charge in [0.25, 0.3) is 0 Å². The molecule has 2 saturated heterocycles. The van der Waals surface area contributed by atoms with Crippen LogP contribution in [0.15, 0.2) is 24.3 Å². The highest BCUT2D eigenvalue weighted by molar-refractivity contribution is 6.30. The van der Waals surface area contributed by atoms with Gasteiger partial charge in [0.1, 0.15) is 0 Å². The van der Waals surface area contributed by atoms with E-state index >= 15 is 0 Å². The van der Waals surface area contributed by atoms with Gasteiger partial charge in [-0.3, -0.25) is 9.59 Å². The monoisotopic (exact) mass is 334 g/mol. The molecule has 0 saturated carbocycles. The molecule has 0 atom stereocenters. The van der Waals surface area contributed by atoms with E-state index in [1.807, 2.05) is 34.1 Å². The molecule has 2 aliphatic rings. The summed E-state index contributed by atoms with van der Waals surface area (Å²) in [4.78, 5) is 28.7. The maximum absolute atomic E-state index is 12.4. The molecule has 0 radical (unpaired) electrons. The second-order valence-electron chi connectivity index (χ2n) is 6.49. The Balaban J connectivity index is 1.49. The van der Waals surface area contributed by atoms with Gasteiger partial charge in [0.2, 0.25) is 11.8 Å². The first-order chi connectivity index (χ1) is 11.1. The van der Waals surface area contributed by atoms with E-state index in [0.717, 1.165) is 44.3 Å². The van der Waals surface area contributed by atoms with Gasteiger partial charge in [0, 0.05) is 37.1 Å². The number of carbonyl (C=O) groups excluding carboxylic acids is 2. The zero-order valence-electron chi connectivity index (χ0n) is 13.3. The molecule has 0 aromatic heterocycles. The average Bonchev–Trinajstić information content (AvgIpc) is 3.11. The van der Waals surface area contributed by atoms with E-state index in [4.69, 9.17) is 11.6 Å². The Bertz CT molecular complexity index is 559. The van der Waals surface area contributed by atoms with Crippen molar-refractivity contribution in [2.24, 2.45) is 5.92 Å². The van der Waals surface area contributed by atoms with Crippen LogP contribution < -0.4 is 0 Å². The second-order valence-corrected chi connectivity index (χ2v) is 6.93. The van der Waals surface area contributed by atoms with Crippen LogP contribution in [0.25, 0.3) is 0 Å². The molecule has 0 bridgehead atoms. The van der Waals surface area contributed by atoms with E-state index in [0.29, 0.717) is 30.4 Å². The Morgan fingerprint density at radius 3 is 2.17 bits per heavy atom. The third kappa shape index (κ3) is 4.05. The fourth-order valence-corrected chi connectivity index (χ4v) is 3.59. The summed E-state index contributed by atoms with van der Waals surface area (Å²) in [6.07, 6.45) is 4.25. The van der Waals surface area contributed by atoms with E-state index in [1.165, 1.54) is 0 Å². The SMILES string of the molecule is O=C(Cc1ccc(Cl)cc1)N1CCC(C(=O)N2CCCC2)CC1. The minimum Gasteiger partial charge on any atom is -0.342 e. The summed E-state index contributed by atoms with van der Waals surface area (Å²) < 4.78 is 0. The van der Waals surface area contributed by atoms with Crippen LogP contribution in [0.1, 0.15) is 31.2 Å². The van der Waals surface area contributed by atoms with Crippen LogP contribution in [0.3, 0.4) is 0 Å². The minimum atomic E-state index is 0.104. The predicted octanol–water partition coefficient (Wildman–Crippen LogP) is 2.74. The summed E-state index contributed by atoms with van der Waals surface area (Å²) in [6, 6.07) is 7.41. The summed E-state index contributed by atoms with van der Waals surface area (Å²) in [6.45, 7) is 3.20. The molecule has 3 rings (SSSR count). The zero-order chi connectivity index (χ0) is 16.2. The number of rotatable bonds is 3. The smallest absolute Gasteiger partial charge is 0.226 e. The van der Waals surface area contributed by atoms with Gasteiger partial charge in [0.05, 0.1) is 6.42 Å². The van der Waals surface area contributed by atoms with Crippen LogP contribution in [0, 0.1) is 5.92 Å². The third-order valence-electron chi connectivity index (χ3n) is 4.88. The molecule has 2 amide bonds. The summed E-state index contributed by atoms with van der Waals surface area (Å²) in [5.74, 6) is 0.541. The van der Waals surface area contributed by atoms with Crippen molar-refractivity contribution in [3.05, 3.63) is 34.9 Å². The Hall–Kier alpha value is -1.55. The first kappa shape index (κ1) is 16.3. The minimum absolute atomic E-state index is 0.104. The van der Waals surface area contributed by atoms with E-state index in [-0.39, 0.29) is 11.8 Å². The number of hydrogen-bond donors (Lipinski definition) is 0.